The summed E-state index contributed by atoms with van der Waals surface area (Å²) in [5, 5.41) is 9.00. The van der Waals surface area contributed by atoms with E-state index in [1.165, 1.54) is 5.56 Å². The van der Waals surface area contributed by atoms with E-state index in [1.807, 2.05) is 43.5 Å². The Labute approximate surface area is 148 Å². The van der Waals surface area contributed by atoms with Gasteiger partial charge >= 0.3 is 0 Å². The molecule has 118 valence electrons. The lowest BCUT2D eigenvalue weighted by Gasteiger charge is -2.05. The number of hydrogen-bond donors (Lipinski definition) is 0. The summed E-state index contributed by atoms with van der Waals surface area (Å²) in [6.07, 6.45) is 1.89. The van der Waals surface area contributed by atoms with Crippen LogP contribution in [0.15, 0.2) is 53.1 Å². The van der Waals surface area contributed by atoms with Crippen molar-refractivity contribution in [1.29, 1.82) is 0 Å². The monoisotopic (exact) mass is 391 g/mol. The van der Waals surface area contributed by atoms with Gasteiger partial charge in [0.1, 0.15) is 18.1 Å². The van der Waals surface area contributed by atoms with Gasteiger partial charge in [0, 0.05) is 9.50 Å². The van der Waals surface area contributed by atoms with E-state index in [2.05, 4.69) is 38.4 Å². The number of nitrogens with zero attached hydrogens (tertiary/aromatic N) is 3. The summed E-state index contributed by atoms with van der Waals surface area (Å²) < 4.78 is 8.59. The summed E-state index contributed by atoms with van der Waals surface area (Å²) >= 11 is 9.43. The summed E-state index contributed by atoms with van der Waals surface area (Å²) in [5.74, 6) is 0.773. The maximum atomic E-state index is 6.00. The SMILES string of the molecule is Cc1cc(OCc2cn(Cc3ccc(Br)cc3)nn2)ccc1Cl. The zero-order valence-electron chi connectivity index (χ0n) is 12.5. The number of hydrogen-bond acceptors (Lipinski definition) is 3. The maximum Gasteiger partial charge on any atom is 0.134 e. The molecule has 0 amide bonds. The van der Waals surface area contributed by atoms with Gasteiger partial charge in [0.2, 0.25) is 0 Å². The molecule has 23 heavy (non-hydrogen) atoms. The van der Waals surface area contributed by atoms with Gasteiger partial charge in [-0.1, -0.05) is 44.9 Å². The zero-order valence-corrected chi connectivity index (χ0v) is 14.9. The summed E-state index contributed by atoms with van der Waals surface area (Å²) in [6.45, 7) is 3.01. The molecule has 0 aliphatic heterocycles. The summed E-state index contributed by atoms with van der Waals surface area (Å²) in [7, 11) is 0. The minimum atomic E-state index is 0.376. The molecule has 0 saturated carbocycles. The lowest BCUT2D eigenvalue weighted by Crippen LogP contribution is -2.00. The average molecular weight is 393 g/mol. The Morgan fingerprint density at radius 3 is 2.70 bits per heavy atom. The van der Waals surface area contributed by atoms with Crippen molar-refractivity contribution in [2.75, 3.05) is 0 Å². The van der Waals surface area contributed by atoms with Gasteiger partial charge in [-0.15, -0.1) is 5.10 Å². The van der Waals surface area contributed by atoms with Crippen molar-refractivity contribution in [3.63, 3.8) is 0 Å². The Balaban J connectivity index is 1.60. The van der Waals surface area contributed by atoms with Crippen molar-refractivity contribution in [3.05, 3.63) is 75.0 Å². The van der Waals surface area contributed by atoms with Gasteiger partial charge in [-0.05, 0) is 48.4 Å². The second-order valence-corrected chi connectivity index (χ2v) is 6.56. The predicted octanol–water partition coefficient (Wildman–Crippen LogP) is 4.63. The highest BCUT2D eigenvalue weighted by molar-refractivity contribution is 9.10. The fourth-order valence-corrected chi connectivity index (χ4v) is 2.50. The molecule has 0 unspecified atom stereocenters. The van der Waals surface area contributed by atoms with E-state index in [-0.39, 0.29) is 0 Å². The summed E-state index contributed by atoms with van der Waals surface area (Å²) in [5.41, 5.74) is 2.94. The van der Waals surface area contributed by atoms with Crippen molar-refractivity contribution in [2.45, 2.75) is 20.1 Å². The fourth-order valence-electron chi connectivity index (χ4n) is 2.12. The molecule has 0 saturated heterocycles. The molecule has 3 rings (SSSR count). The minimum absolute atomic E-state index is 0.376. The highest BCUT2D eigenvalue weighted by Crippen LogP contribution is 2.21. The number of benzene rings is 2. The van der Waals surface area contributed by atoms with Crippen LogP contribution in [0.25, 0.3) is 0 Å². The van der Waals surface area contributed by atoms with Crippen LogP contribution in [0.4, 0.5) is 0 Å². The molecule has 0 N–H and O–H groups in total. The molecule has 2 aromatic carbocycles. The fraction of sp³-hybridized carbons (Fsp3) is 0.176. The quantitative estimate of drug-likeness (QED) is 0.635. The highest BCUT2D eigenvalue weighted by atomic mass is 79.9. The van der Waals surface area contributed by atoms with Gasteiger partial charge in [0.25, 0.3) is 0 Å². The van der Waals surface area contributed by atoms with E-state index in [0.717, 1.165) is 26.5 Å². The normalized spacial score (nSPS) is 10.7. The largest absolute Gasteiger partial charge is 0.487 e. The van der Waals surface area contributed by atoms with Crippen molar-refractivity contribution in [2.24, 2.45) is 0 Å². The lowest BCUT2D eigenvalue weighted by molar-refractivity contribution is 0.301. The molecule has 0 aliphatic carbocycles. The van der Waals surface area contributed by atoms with Crippen LogP contribution in [0.5, 0.6) is 5.75 Å². The smallest absolute Gasteiger partial charge is 0.134 e. The summed E-state index contributed by atoms with van der Waals surface area (Å²) in [6, 6.07) is 13.7. The van der Waals surface area contributed by atoms with Gasteiger partial charge < -0.3 is 4.74 Å². The first-order valence-corrected chi connectivity index (χ1v) is 8.29. The second kappa shape index (κ2) is 7.15. The van der Waals surface area contributed by atoms with Crippen LogP contribution in [0.2, 0.25) is 5.02 Å². The first-order chi connectivity index (χ1) is 11.1. The van der Waals surface area contributed by atoms with Gasteiger partial charge in [-0.25, -0.2) is 4.68 Å². The third kappa shape index (κ3) is 4.33. The molecular weight excluding hydrogens is 378 g/mol. The molecule has 0 radical (unpaired) electrons. The van der Waals surface area contributed by atoms with Crippen molar-refractivity contribution in [1.82, 2.24) is 15.0 Å². The third-order valence-corrected chi connectivity index (χ3v) is 4.31. The molecule has 0 fully saturated rings. The van der Waals surface area contributed by atoms with E-state index >= 15 is 0 Å². The van der Waals surface area contributed by atoms with Crippen LogP contribution >= 0.6 is 27.5 Å². The number of halogens is 2. The van der Waals surface area contributed by atoms with Gasteiger partial charge in [0.15, 0.2) is 0 Å². The Morgan fingerprint density at radius 1 is 1.17 bits per heavy atom. The molecule has 0 aliphatic rings. The minimum Gasteiger partial charge on any atom is -0.487 e. The van der Waals surface area contributed by atoms with Crippen LogP contribution in [-0.4, -0.2) is 15.0 Å². The Hall–Kier alpha value is -1.85. The van der Waals surface area contributed by atoms with Crippen LogP contribution in [-0.2, 0) is 13.2 Å². The molecule has 0 spiro atoms. The number of ether oxygens (including phenoxy) is 1. The Morgan fingerprint density at radius 2 is 1.96 bits per heavy atom. The molecule has 3 aromatic rings. The molecule has 1 aromatic heterocycles. The summed E-state index contributed by atoms with van der Waals surface area (Å²) in [4.78, 5) is 0. The molecule has 1 heterocycles. The van der Waals surface area contributed by atoms with Gasteiger partial charge in [-0.3, -0.25) is 0 Å². The lowest BCUT2D eigenvalue weighted by atomic mass is 10.2. The average Bonchev–Trinajstić information content (AvgIpc) is 2.98. The highest BCUT2D eigenvalue weighted by Gasteiger charge is 2.04. The maximum absolute atomic E-state index is 6.00. The number of rotatable bonds is 5. The van der Waals surface area contributed by atoms with E-state index in [9.17, 15) is 0 Å². The number of aromatic nitrogens is 3. The van der Waals surface area contributed by atoms with Gasteiger partial charge in [-0.2, -0.15) is 0 Å². The van der Waals surface area contributed by atoms with Gasteiger partial charge in [0.05, 0.1) is 12.7 Å². The Kier molecular flexibility index (Phi) is 4.98. The van der Waals surface area contributed by atoms with Crippen molar-refractivity contribution < 1.29 is 4.74 Å². The van der Waals surface area contributed by atoms with Crippen molar-refractivity contribution in [3.8, 4) is 5.75 Å². The van der Waals surface area contributed by atoms with Crippen LogP contribution in [0.1, 0.15) is 16.8 Å². The topological polar surface area (TPSA) is 39.9 Å². The van der Waals surface area contributed by atoms with Crippen LogP contribution < -0.4 is 4.74 Å². The molecule has 6 heteroatoms. The Bertz CT molecular complexity index is 802. The van der Waals surface area contributed by atoms with Crippen molar-refractivity contribution >= 4 is 27.5 Å². The standard InChI is InChI=1S/C17H15BrClN3O/c1-12-8-16(6-7-17(12)19)23-11-15-10-22(21-20-15)9-13-2-4-14(18)5-3-13/h2-8,10H,9,11H2,1H3. The van der Waals surface area contributed by atoms with E-state index in [1.54, 1.807) is 4.68 Å². The first-order valence-electron chi connectivity index (χ1n) is 7.12. The van der Waals surface area contributed by atoms with Crippen LogP contribution in [0, 0.1) is 6.92 Å². The molecule has 0 bridgehead atoms. The third-order valence-electron chi connectivity index (χ3n) is 3.36. The molecular formula is C17H15BrClN3O. The zero-order chi connectivity index (χ0) is 16.2. The molecule has 4 nitrogen and oxygen atoms in total. The van der Waals surface area contributed by atoms with E-state index in [0.29, 0.717) is 13.2 Å². The van der Waals surface area contributed by atoms with E-state index in [4.69, 9.17) is 16.3 Å². The second-order valence-electron chi connectivity index (χ2n) is 5.23. The van der Waals surface area contributed by atoms with Crippen LogP contribution in [0.3, 0.4) is 0 Å². The number of aryl methyl sites for hydroxylation is 1. The predicted molar refractivity (Wildman–Crippen MR) is 93.8 cm³/mol. The van der Waals surface area contributed by atoms with E-state index < -0.39 is 0 Å². The molecule has 0 atom stereocenters. The first kappa shape index (κ1) is 16.0.